The number of fused-ring (bicyclic) bond motifs is 1. The Morgan fingerprint density at radius 2 is 2.35 bits per heavy atom. The van der Waals surface area contributed by atoms with Gasteiger partial charge in [0.1, 0.15) is 11.4 Å². The third-order valence-electron chi connectivity index (χ3n) is 2.99. The zero-order valence-electron chi connectivity index (χ0n) is 10.2. The molecular formula is C13H18BrNO2. The van der Waals surface area contributed by atoms with Crippen molar-refractivity contribution >= 4 is 15.9 Å². The van der Waals surface area contributed by atoms with Gasteiger partial charge in [0.25, 0.3) is 0 Å². The largest absolute Gasteiger partial charge is 0.485 e. The van der Waals surface area contributed by atoms with Gasteiger partial charge in [0.2, 0.25) is 0 Å². The van der Waals surface area contributed by atoms with E-state index >= 15 is 0 Å². The standard InChI is InChI=1S/C13H18BrNO2/c1-3-16-8-13(2)7-11(15)10-5-4-9(14)6-12(10)17-13/h4-6,11H,3,7-8,15H2,1-2H3/t11-,13?/m1/s1. The van der Waals surface area contributed by atoms with Crippen LogP contribution in [-0.2, 0) is 4.74 Å². The monoisotopic (exact) mass is 299 g/mol. The molecule has 0 amide bonds. The molecule has 1 heterocycles. The van der Waals surface area contributed by atoms with Gasteiger partial charge < -0.3 is 15.2 Å². The average molecular weight is 300 g/mol. The number of hydrogen-bond acceptors (Lipinski definition) is 3. The molecule has 1 aliphatic rings. The SMILES string of the molecule is CCOCC1(C)C[C@@H](N)c2ccc(Br)cc2O1. The number of benzene rings is 1. The minimum Gasteiger partial charge on any atom is -0.485 e. The first-order valence-corrected chi connectivity index (χ1v) is 6.65. The van der Waals surface area contributed by atoms with Crippen molar-refractivity contribution < 1.29 is 9.47 Å². The maximum atomic E-state index is 6.19. The van der Waals surface area contributed by atoms with Gasteiger partial charge in [0, 0.05) is 29.1 Å². The summed E-state index contributed by atoms with van der Waals surface area (Å²) in [7, 11) is 0. The first-order valence-electron chi connectivity index (χ1n) is 5.86. The van der Waals surface area contributed by atoms with Crippen LogP contribution >= 0.6 is 15.9 Å². The van der Waals surface area contributed by atoms with E-state index in [4.69, 9.17) is 15.2 Å². The van der Waals surface area contributed by atoms with Crippen LogP contribution in [0.2, 0.25) is 0 Å². The summed E-state index contributed by atoms with van der Waals surface area (Å²) in [6.07, 6.45) is 0.779. The summed E-state index contributed by atoms with van der Waals surface area (Å²) < 4.78 is 12.5. The normalized spacial score (nSPS) is 27.4. The Hall–Kier alpha value is -0.580. The van der Waals surface area contributed by atoms with E-state index in [0.717, 1.165) is 22.2 Å². The van der Waals surface area contributed by atoms with Gasteiger partial charge in [-0.25, -0.2) is 0 Å². The molecule has 0 fully saturated rings. The van der Waals surface area contributed by atoms with Gasteiger partial charge in [-0.2, -0.15) is 0 Å². The highest BCUT2D eigenvalue weighted by Gasteiger charge is 2.36. The van der Waals surface area contributed by atoms with Crippen LogP contribution in [0.1, 0.15) is 31.9 Å². The number of rotatable bonds is 3. The van der Waals surface area contributed by atoms with Crippen molar-refractivity contribution in [3.05, 3.63) is 28.2 Å². The van der Waals surface area contributed by atoms with Crippen molar-refractivity contribution in [1.82, 2.24) is 0 Å². The summed E-state index contributed by atoms with van der Waals surface area (Å²) in [4.78, 5) is 0. The Bertz CT molecular complexity index is 410. The maximum Gasteiger partial charge on any atom is 0.131 e. The zero-order chi connectivity index (χ0) is 12.5. The lowest BCUT2D eigenvalue weighted by Crippen LogP contribution is -2.44. The smallest absolute Gasteiger partial charge is 0.131 e. The molecule has 0 spiro atoms. The second-order valence-corrected chi connectivity index (χ2v) is 5.60. The van der Waals surface area contributed by atoms with Crippen LogP contribution in [0.4, 0.5) is 0 Å². The van der Waals surface area contributed by atoms with Crippen LogP contribution in [0.15, 0.2) is 22.7 Å². The fraction of sp³-hybridized carbons (Fsp3) is 0.538. The van der Waals surface area contributed by atoms with E-state index in [1.165, 1.54) is 0 Å². The lowest BCUT2D eigenvalue weighted by Gasteiger charge is -2.38. The first-order chi connectivity index (χ1) is 8.04. The number of ether oxygens (including phenoxy) is 2. The summed E-state index contributed by atoms with van der Waals surface area (Å²) in [5.74, 6) is 0.861. The van der Waals surface area contributed by atoms with Crippen molar-refractivity contribution in [2.75, 3.05) is 13.2 Å². The molecular weight excluding hydrogens is 282 g/mol. The van der Waals surface area contributed by atoms with Crippen LogP contribution in [-0.4, -0.2) is 18.8 Å². The van der Waals surface area contributed by atoms with Crippen LogP contribution in [0.5, 0.6) is 5.75 Å². The predicted molar refractivity (Wildman–Crippen MR) is 71.2 cm³/mol. The van der Waals surface area contributed by atoms with E-state index in [-0.39, 0.29) is 11.6 Å². The number of nitrogens with two attached hydrogens (primary N) is 1. The second-order valence-electron chi connectivity index (χ2n) is 4.68. The highest BCUT2D eigenvalue weighted by Crippen LogP contribution is 2.39. The molecule has 3 nitrogen and oxygen atoms in total. The molecule has 1 aliphatic heterocycles. The van der Waals surface area contributed by atoms with Gasteiger partial charge in [-0.15, -0.1) is 0 Å². The van der Waals surface area contributed by atoms with E-state index in [2.05, 4.69) is 15.9 Å². The second kappa shape index (κ2) is 4.96. The summed E-state index contributed by atoms with van der Waals surface area (Å²) in [6.45, 7) is 5.30. The van der Waals surface area contributed by atoms with Gasteiger partial charge in [0.15, 0.2) is 0 Å². The predicted octanol–water partition coefficient (Wildman–Crippen LogP) is 3.03. The summed E-state index contributed by atoms with van der Waals surface area (Å²) >= 11 is 3.45. The molecule has 2 rings (SSSR count). The van der Waals surface area contributed by atoms with Crippen molar-refractivity contribution in [2.24, 2.45) is 5.73 Å². The first kappa shape index (κ1) is 12.9. The van der Waals surface area contributed by atoms with E-state index in [0.29, 0.717) is 13.2 Å². The Kier molecular flexibility index (Phi) is 3.76. The molecule has 1 unspecified atom stereocenters. The van der Waals surface area contributed by atoms with Crippen molar-refractivity contribution in [3.8, 4) is 5.75 Å². The Morgan fingerprint density at radius 3 is 3.06 bits per heavy atom. The minimum absolute atomic E-state index is 0.0114. The lowest BCUT2D eigenvalue weighted by molar-refractivity contribution is -0.0302. The highest BCUT2D eigenvalue weighted by molar-refractivity contribution is 9.10. The van der Waals surface area contributed by atoms with Crippen molar-refractivity contribution in [2.45, 2.75) is 31.9 Å². The van der Waals surface area contributed by atoms with Gasteiger partial charge in [-0.3, -0.25) is 0 Å². The van der Waals surface area contributed by atoms with Gasteiger partial charge in [-0.05, 0) is 26.0 Å². The fourth-order valence-electron chi connectivity index (χ4n) is 2.19. The average Bonchev–Trinajstić information content (AvgIpc) is 2.25. The van der Waals surface area contributed by atoms with Crippen molar-refractivity contribution in [3.63, 3.8) is 0 Å². The molecule has 0 saturated carbocycles. The molecule has 1 aromatic rings. The Balaban J connectivity index is 2.25. The van der Waals surface area contributed by atoms with Crippen LogP contribution < -0.4 is 10.5 Å². The third-order valence-corrected chi connectivity index (χ3v) is 3.49. The molecule has 94 valence electrons. The maximum absolute atomic E-state index is 6.19. The Morgan fingerprint density at radius 1 is 1.59 bits per heavy atom. The van der Waals surface area contributed by atoms with E-state index < -0.39 is 0 Å². The zero-order valence-corrected chi connectivity index (χ0v) is 11.8. The fourth-order valence-corrected chi connectivity index (χ4v) is 2.53. The van der Waals surface area contributed by atoms with Crippen molar-refractivity contribution in [1.29, 1.82) is 0 Å². The van der Waals surface area contributed by atoms with E-state index in [1.54, 1.807) is 0 Å². The quantitative estimate of drug-likeness (QED) is 0.933. The number of hydrogen-bond donors (Lipinski definition) is 1. The van der Waals surface area contributed by atoms with E-state index in [9.17, 15) is 0 Å². The molecule has 0 aromatic heterocycles. The molecule has 4 heteroatoms. The summed E-state index contributed by atoms with van der Waals surface area (Å²) in [6, 6.07) is 5.99. The topological polar surface area (TPSA) is 44.5 Å². The molecule has 0 saturated heterocycles. The molecule has 2 N–H and O–H groups in total. The highest BCUT2D eigenvalue weighted by atomic mass is 79.9. The molecule has 0 bridgehead atoms. The molecule has 0 aliphatic carbocycles. The molecule has 2 atom stereocenters. The minimum atomic E-state index is -0.330. The summed E-state index contributed by atoms with van der Waals surface area (Å²) in [5.41, 5.74) is 6.93. The van der Waals surface area contributed by atoms with Crippen LogP contribution in [0.3, 0.4) is 0 Å². The van der Waals surface area contributed by atoms with Gasteiger partial charge in [-0.1, -0.05) is 22.0 Å². The van der Waals surface area contributed by atoms with Gasteiger partial charge >= 0.3 is 0 Å². The van der Waals surface area contributed by atoms with Crippen LogP contribution in [0, 0.1) is 0 Å². The third kappa shape index (κ3) is 2.81. The lowest BCUT2D eigenvalue weighted by atomic mass is 9.89. The number of halogens is 1. The molecule has 0 radical (unpaired) electrons. The van der Waals surface area contributed by atoms with E-state index in [1.807, 2.05) is 32.0 Å². The Labute approximate surface area is 110 Å². The molecule has 1 aromatic carbocycles. The van der Waals surface area contributed by atoms with Crippen LogP contribution in [0.25, 0.3) is 0 Å². The van der Waals surface area contributed by atoms with Gasteiger partial charge in [0.05, 0.1) is 6.61 Å². The summed E-state index contributed by atoms with van der Waals surface area (Å²) in [5, 5.41) is 0. The molecule has 17 heavy (non-hydrogen) atoms.